The summed E-state index contributed by atoms with van der Waals surface area (Å²) in [7, 11) is 2.69. The third-order valence-electron chi connectivity index (χ3n) is 2.69. The van der Waals surface area contributed by atoms with Crippen LogP contribution in [0.2, 0.25) is 0 Å². The Hall–Kier alpha value is -1.68. The Bertz CT molecular complexity index is 622. The molecule has 0 bridgehead atoms. The molecule has 0 saturated heterocycles. The van der Waals surface area contributed by atoms with Crippen LogP contribution in [-0.4, -0.2) is 25.6 Å². The van der Waals surface area contributed by atoms with Crippen LogP contribution in [0, 0.1) is 0 Å². The molecule has 0 saturated carbocycles. The average Bonchev–Trinajstić information content (AvgIpc) is 2.57. The number of rotatable bonds is 7. The minimum Gasteiger partial charge on any atom is -0.484 e. The van der Waals surface area contributed by atoms with Gasteiger partial charge < -0.3 is 9.47 Å². The molecule has 0 aliphatic rings. The second kappa shape index (κ2) is 8.81. The zero-order valence-corrected chi connectivity index (χ0v) is 14.6. The van der Waals surface area contributed by atoms with Gasteiger partial charge in [-0.25, -0.2) is 0 Å². The number of halogens is 6. The average molecular weight is 414 g/mol. The lowest BCUT2D eigenvalue weighted by Crippen LogP contribution is -2.19. The molecular weight excluding hydrogens is 402 g/mol. The first kappa shape index (κ1) is 20.6. The summed E-state index contributed by atoms with van der Waals surface area (Å²) >= 11 is 0. The van der Waals surface area contributed by atoms with Gasteiger partial charge in [0.2, 0.25) is 0 Å². The molecule has 2 rings (SSSR count). The minimum atomic E-state index is -4.39. The molecule has 2 aromatic carbocycles. The van der Waals surface area contributed by atoms with Gasteiger partial charge >= 0.3 is 12.4 Å². The molecule has 2 nitrogen and oxygen atoms in total. The van der Waals surface area contributed by atoms with Crippen LogP contribution < -0.4 is 9.47 Å². The summed E-state index contributed by atoms with van der Waals surface area (Å²) in [6, 6.07) is 12.2. The zero-order valence-electron chi connectivity index (χ0n) is 12.9. The monoisotopic (exact) mass is 414 g/mol. The lowest BCUT2D eigenvalue weighted by Gasteiger charge is -2.10. The summed E-state index contributed by atoms with van der Waals surface area (Å²) in [6.07, 6.45) is -8.78. The predicted octanol–water partition coefficient (Wildman–Crippen LogP) is 6.37. The maximum atomic E-state index is 12.1. The molecule has 0 spiro atoms. The van der Waals surface area contributed by atoms with Crippen molar-refractivity contribution in [3.05, 3.63) is 48.5 Å². The summed E-state index contributed by atoms with van der Waals surface area (Å²) < 4.78 is 81.6. The molecule has 10 heteroatoms. The first-order valence-electron chi connectivity index (χ1n) is 7.04. The van der Waals surface area contributed by atoms with Crippen molar-refractivity contribution in [1.29, 1.82) is 0 Å². The van der Waals surface area contributed by atoms with E-state index < -0.39 is 25.6 Å². The molecule has 0 amide bonds. The van der Waals surface area contributed by atoms with E-state index in [-0.39, 0.29) is 11.5 Å². The van der Waals surface area contributed by atoms with Crippen molar-refractivity contribution in [2.24, 2.45) is 0 Å². The van der Waals surface area contributed by atoms with Crippen LogP contribution in [0.15, 0.2) is 58.3 Å². The van der Waals surface area contributed by atoms with Crippen LogP contribution in [-0.2, 0) is 0 Å². The summed E-state index contributed by atoms with van der Waals surface area (Å²) in [5, 5.41) is 0. The largest absolute Gasteiger partial charge is 0.484 e. The SMILES string of the molecule is FC(F)(F)COc1ccc(SSc2ccc(OCC(F)(F)F)cc2)cc1. The fourth-order valence-electron chi connectivity index (χ4n) is 1.61. The standard InChI is InChI=1S/C16H12F6O2S2/c17-15(18,19)9-23-11-1-5-13(6-2-11)25-26-14-7-3-12(4-8-14)24-10-16(20,21)22/h1-8H,9-10H2. The van der Waals surface area contributed by atoms with Gasteiger partial charge in [0.25, 0.3) is 0 Å². The van der Waals surface area contributed by atoms with Gasteiger partial charge in [-0.3, -0.25) is 0 Å². The van der Waals surface area contributed by atoms with E-state index >= 15 is 0 Å². The second-order valence-electron chi connectivity index (χ2n) is 4.92. The maximum absolute atomic E-state index is 12.1. The van der Waals surface area contributed by atoms with Crippen LogP contribution in [0.3, 0.4) is 0 Å². The molecule has 0 radical (unpaired) electrons. The van der Waals surface area contributed by atoms with Crippen LogP contribution in [0.5, 0.6) is 11.5 Å². The van der Waals surface area contributed by atoms with Crippen molar-refractivity contribution in [2.45, 2.75) is 22.1 Å². The highest BCUT2D eigenvalue weighted by Crippen LogP contribution is 2.38. The molecular formula is C16H12F6O2S2. The van der Waals surface area contributed by atoms with E-state index in [2.05, 4.69) is 9.47 Å². The third-order valence-corrected chi connectivity index (χ3v) is 5.10. The van der Waals surface area contributed by atoms with Crippen molar-refractivity contribution in [2.75, 3.05) is 13.2 Å². The molecule has 0 fully saturated rings. The predicted molar refractivity (Wildman–Crippen MR) is 87.7 cm³/mol. The van der Waals surface area contributed by atoms with Gasteiger partial charge in [0, 0.05) is 9.79 Å². The van der Waals surface area contributed by atoms with E-state index in [1.807, 2.05) is 0 Å². The van der Waals surface area contributed by atoms with Crippen LogP contribution in [0.1, 0.15) is 0 Å². The van der Waals surface area contributed by atoms with Gasteiger partial charge in [0.1, 0.15) is 11.5 Å². The summed E-state index contributed by atoms with van der Waals surface area (Å²) in [5.41, 5.74) is 0. The number of alkyl halides is 6. The van der Waals surface area contributed by atoms with E-state index in [1.165, 1.54) is 45.9 Å². The van der Waals surface area contributed by atoms with Gasteiger partial charge in [-0.1, -0.05) is 21.6 Å². The highest BCUT2D eigenvalue weighted by Gasteiger charge is 2.29. The Kier molecular flexibility index (Phi) is 6.99. The Labute approximate surface area is 153 Å². The Balaban J connectivity index is 1.81. The summed E-state index contributed by atoms with van der Waals surface area (Å²) in [6.45, 7) is -2.70. The first-order valence-corrected chi connectivity index (χ1v) is 9.19. The highest BCUT2D eigenvalue weighted by atomic mass is 33.1. The van der Waals surface area contributed by atoms with Crippen LogP contribution in [0.4, 0.5) is 26.3 Å². The Morgan fingerprint density at radius 3 is 1.15 bits per heavy atom. The number of hydrogen-bond donors (Lipinski definition) is 0. The molecule has 0 atom stereocenters. The highest BCUT2D eigenvalue weighted by molar-refractivity contribution is 8.76. The van der Waals surface area contributed by atoms with Crippen molar-refractivity contribution in [1.82, 2.24) is 0 Å². The smallest absolute Gasteiger partial charge is 0.422 e. The Morgan fingerprint density at radius 2 is 0.885 bits per heavy atom. The maximum Gasteiger partial charge on any atom is 0.422 e. The molecule has 0 N–H and O–H groups in total. The fourth-order valence-corrected chi connectivity index (χ4v) is 3.54. The quantitative estimate of drug-likeness (QED) is 0.387. The fraction of sp³-hybridized carbons (Fsp3) is 0.250. The molecule has 0 aromatic heterocycles. The normalized spacial score (nSPS) is 12.1. The van der Waals surface area contributed by atoms with E-state index in [0.717, 1.165) is 9.79 Å². The van der Waals surface area contributed by atoms with Crippen molar-refractivity contribution in [3.8, 4) is 11.5 Å². The van der Waals surface area contributed by atoms with Gasteiger partial charge in [-0.2, -0.15) is 26.3 Å². The van der Waals surface area contributed by atoms with Gasteiger partial charge in [0.05, 0.1) is 0 Å². The topological polar surface area (TPSA) is 18.5 Å². The number of benzene rings is 2. The van der Waals surface area contributed by atoms with Gasteiger partial charge in [-0.05, 0) is 48.5 Å². The molecule has 2 aromatic rings. The molecule has 26 heavy (non-hydrogen) atoms. The van der Waals surface area contributed by atoms with Gasteiger partial charge in [0.15, 0.2) is 13.2 Å². The van der Waals surface area contributed by atoms with Crippen molar-refractivity contribution >= 4 is 21.6 Å². The second-order valence-corrected chi connectivity index (χ2v) is 7.19. The molecule has 142 valence electrons. The van der Waals surface area contributed by atoms with E-state index in [4.69, 9.17) is 0 Å². The van der Waals surface area contributed by atoms with Crippen LogP contribution >= 0.6 is 21.6 Å². The molecule has 0 heterocycles. The summed E-state index contributed by atoms with van der Waals surface area (Å²) in [5.74, 6) is 0.227. The molecule has 0 unspecified atom stereocenters. The van der Waals surface area contributed by atoms with Crippen LogP contribution in [0.25, 0.3) is 0 Å². The number of hydrogen-bond acceptors (Lipinski definition) is 4. The van der Waals surface area contributed by atoms with E-state index in [9.17, 15) is 26.3 Å². The summed E-state index contributed by atoms with van der Waals surface area (Å²) in [4.78, 5) is 1.57. The van der Waals surface area contributed by atoms with Gasteiger partial charge in [-0.15, -0.1) is 0 Å². The number of ether oxygens (including phenoxy) is 2. The third kappa shape index (κ3) is 8.13. The minimum absolute atomic E-state index is 0.114. The first-order chi connectivity index (χ1) is 12.1. The zero-order chi connectivity index (χ0) is 19.2. The molecule has 0 aliphatic heterocycles. The van der Waals surface area contributed by atoms with E-state index in [0.29, 0.717) is 0 Å². The Morgan fingerprint density at radius 1 is 0.577 bits per heavy atom. The lowest BCUT2D eigenvalue weighted by atomic mass is 10.3. The van der Waals surface area contributed by atoms with Crippen molar-refractivity contribution in [3.63, 3.8) is 0 Å². The van der Waals surface area contributed by atoms with Crippen molar-refractivity contribution < 1.29 is 35.8 Å². The van der Waals surface area contributed by atoms with E-state index in [1.54, 1.807) is 24.3 Å². The molecule has 0 aliphatic carbocycles. The lowest BCUT2D eigenvalue weighted by molar-refractivity contribution is -0.154.